The number of hydrazone groups is 1. The highest BCUT2D eigenvalue weighted by Gasteiger charge is 2.00. The molecule has 0 saturated carbocycles. The largest absolute Gasteiger partial charge is 0.491 e. The van der Waals surface area contributed by atoms with Crippen LogP contribution in [0.15, 0.2) is 29.4 Å². The van der Waals surface area contributed by atoms with Gasteiger partial charge in [0.2, 0.25) is 0 Å². The molecule has 5 nitrogen and oxygen atoms in total. The Morgan fingerprint density at radius 2 is 1.94 bits per heavy atom. The minimum atomic E-state index is -0.677. The van der Waals surface area contributed by atoms with Crippen LogP contribution in [-0.2, 0) is 0 Å². The Hall–Kier alpha value is -2.04. The highest BCUT2D eigenvalue weighted by molar-refractivity contribution is 5.99. The molecular weight excluding hydrogens is 218 g/mol. The Kier molecular flexibility index (Phi) is 4.51. The molecule has 1 aromatic carbocycles. The minimum Gasteiger partial charge on any atom is -0.491 e. The van der Waals surface area contributed by atoms with Crippen LogP contribution < -0.4 is 15.9 Å². The van der Waals surface area contributed by atoms with Crippen LogP contribution in [0.5, 0.6) is 5.75 Å². The Bertz CT molecular complexity index is 410. The van der Waals surface area contributed by atoms with E-state index in [-0.39, 0.29) is 6.10 Å². The number of carbonyl (C=O) groups is 1. The molecule has 0 aromatic heterocycles. The third-order valence-electron chi connectivity index (χ3n) is 1.98. The van der Waals surface area contributed by atoms with Crippen molar-refractivity contribution in [3.63, 3.8) is 0 Å². The van der Waals surface area contributed by atoms with Crippen molar-refractivity contribution in [1.29, 1.82) is 0 Å². The molecule has 0 saturated heterocycles. The molecule has 0 aliphatic rings. The molecule has 0 heterocycles. The van der Waals surface area contributed by atoms with Gasteiger partial charge in [-0.3, -0.25) is 0 Å². The van der Waals surface area contributed by atoms with Crippen molar-refractivity contribution >= 4 is 11.7 Å². The third kappa shape index (κ3) is 4.55. The number of amides is 2. The molecule has 0 bridgehead atoms. The Morgan fingerprint density at radius 3 is 2.41 bits per heavy atom. The summed E-state index contributed by atoms with van der Waals surface area (Å²) < 4.78 is 5.52. The fraction of sp³-hybridized carbons (Fsp3) is 0.333. The number of ether oxygens (including phenoxy) is 1. The molecule has 0 spiro atoms. The van der Waals surface area contributed by atoms with E-state index in [4.69, 9.17) is 10.5 Å². The molecule has 1 rings (SSSR count). The summed E-state index contributed by atoms with van der Waals surface area (Å²) in [6, 6.07) is 6.79. The lowest BCUT2D eigenvalue weighted by Crippen LogP contribution is -2.25. The number of benzene rings is 1. The Balaban J connectivity index is 2.73. The van der Waals surface area contributed by atoms with E-state index in [1.54, 1.807) is 6.92 Å². The third-order valence-corrected chi connectivity index (χ3v) is 1.98. The van der Waals surface area contributed by atoms with Gasteiger partial charge in [0.1, 0.15) is 5.75 Å². The van der Waals surface area contributed by atoms with Crippen LogP contribution in [0.4, 0.5) is 4.79 Å². The fourth-order valence-electron chi connectivity index (χ4n) is 1.25. The van der Waals surface area contributed by atoms with E-state index in [1.165, 1.54) is 0 Å². The van der Waals surface area contributed by atoms with Crippen LogP contribution in [0.25, 0.3) is 0 Å². The number of hydrogen-bond donors (Lipinski definition) is 2. The van der Waals surface area contributed by atoms with Crippen LogP contribution in [0.2, 0.25) is 0 Å². The quantitative estimate of drug-likeness (QED) is 0.617. The molecule has 92 valence electrons. The number of urea groups is 1. The summed E-state index contributed by atoms with van der Waals surface area (Å²) in [7, 11) is 0. The van der Waals surface area contributed by atoms with E-state index in [0.717, 1.165) is 11.3 Å². The van der Waals surface area contributed by atoms with Gasteiger partial charge in [-0.15, -0.1) is 0 Å². The van der Waals surface area contributed by atoms with Gasteiger partial charge in [-0.1, -0.05) is 0 Å². The maximum absolute atomic E-state index is 10.5. The van der Waals surface area contributed by atoms with E-state index in [0.29, 0.717) is 5.71 Å². The lowest BCUT2D eigenvalue weighted by Gasteiger charge is -2.09. The number of rotatable bonds is 4. The summed E-state index contributed by atoms with van der Waals surface area (Å²) in [5, 5.41) is 3.84. The van der Waals surface area contributed by atoms with Gasteiger partial charge >= 0.3 is 6.03 Å². The second-order valence-electron chi connectivity index (χ2n) is 3.86. The molecule has 0 radical (unpaired) electrons. The summed E-state index contributed by atoms with van der Waals surface area (Å²) in [6.07, 6.45) is 0.146. The molecule has 3 N–H and O–H groups in total. The van der Waals surface area contributed by atoms with Gasteiger partial charge in [0, 0.05) is 0 Å². The standard InChI is InChI=1S/C12H17N3O2/c1-8(2)17-11-6-4-10(5-7-11)9(3)14-15-12(13)16/h4-8H,1-3H3,(H3,13,15,16). The monoisotopic (exact) mass is 235 g/mol. The summed E-state index contributed by atoms with van der Waals surface area (Å²) in [5.41, 5.74) is 8.69. The first kappa shape index (κ1) is 13.0. The first-order chi connectivity index (χ1) is 7.99. The summed E-state index contributed by atoms with van der Waals surface area (Å²) >= 11 is 0. The van der Waals surface area contributed by atoms with Crippen LogP contribution in [0.1, 0.15) is 26.3 Å². The number of nitrogens with zero attached hydrogens (tertiary/aromatic N) is 1. The molecule has 17 heavy (non-hydrogen) atoms. The molecule has 0 aliphatic carbocycles. The van der Waals surface area contributed by atoms with Crippen molar-refractivity contribution in [2.75, 3.05) is 0 Å². The Morgan fingerprint density at radius 1 is 1.35 bits per heavy atom. The van der Waals surface area contributed by atoms with Gasteiger partial charge < -0.3 is 10.5 Å². The van der Waals surface area contributed by atoms with Crippen LogP contribution in [-0.4, -0.2) is 17.8 Å². The highest BCUT2D eigenvalue weighted by Crippen LogP contribution is 2.14. The molecule has 0 unspecified atom stereocenters. The molecule has 0 atom stereocenters. The van der Waals surface area contributed by atoms with Gasteiger partial charge in [-0.25, -0.2) is 10.2 Å². The maximum Gasteiger partial charge on any atom is 0.332 e. The fourth-order valence-corrected chi connectivity index (χ4v) is 1.25. The van der Waals surface area contributed by atoms with Crippen molar-refractivity contribution < 1.29 is 9.53 Å². The van der Waals surface area contributed by atoms with E-state index in [1.807, 2.05) is 38.1 Å². The average molecular weight is 235 g/mol. The normalized spacial score (nSPS) is 11.4. The van der Waals surface area contributed by atoms with Crippen molar-refractivity contribution in [1.82, 2.24) is 5.43 Å². The van der Waals surface area contributed by atoms with Crippen molar-refractivity contribution in [2.45, 2.75) is 26.9 Å². The smallest absolute Gasteiger partial charge is 0.332 e. The number of hydrogen-bond acceptors (Lipinski definition) is 3. The predicted octanol–water partition coefficient (Wildman–Crippen LogP) is 1.87. The number of nitrogens with one attached hydrogen (secondary N) is 1. The number of nitrogens with two attached hydrogens (primary N) is 1. The van der Waals surface area contributed by atoms with Crippen LogP contribution in [0, 0.1) is 0 Å². The van der Waals surface area contributed by atoms with Gasteiger partial charge in [0.25, 0.3) is 0 Å². The number of primary amides is 1. The van der Waals surface area contributed by atoms with Crippen LogP contribution >= 0.6 is 0 Å². The molecule has 0 fully saturated rings. The van der Waals surface area contributed by atoms with Gasteiger partial charge in [0.05, 0.1) is 11.8 Å². The van der Waals surface area contributed by atoms with Crippen LogP contribution in [0.3, 0.4) is 0 Å². The summed E-state index contributed by atoms with van der Waals surface area (Å²) in [6.45, 7) is 5.73. The minimum absolute atomic E-state index is 0.146. The highest BCUT2D eigenvalue weighted by atomic mass is 16.5. The van der Waals surface area contributed by atoms with E-state index in [2.05, 4.69) is 10.5 Å². The molecule has 0 aliphatic heterocycles. The van der Waals surface area contributed by atoms with Crippen molar-refractivity contribution in [2.24, 2.45) is 10.8 Å². The van der Waals surface area contributed by atoms with Gasteiger partial charge in [-0.2, -0.15) is 5.10 Å². The van der Waals surface area contributed by atoms with Crippen molar-refractivity contribution in [3.05, 3.63) is 29.8 Å². The maximum atomic E-state index is 10.5. The number of carbonyl (C=O) groups excluding carboxylic acids is 1. The summed E-state index contributed by atoms with van der Waals surface area (Å²) in [5.74, 6) is 0.805. The SMILES string of the molecule is CC(=NNC(N)=O)c1ccc(OC(C)C)cc1. The van der Waals surface area contributed by atoms with E-state index in [9.17, 15) is 4.79 Å². The topological polar surface area (TPSA) is 76.7 Å². The zero-order chi connectivity index (χ0) is 12.8. The predicted molar refractivity (Wildman–Crippen MR) is 67.1 cm³/mol. The molecular formula is C12H17N3O2. The van der Waals surface area contributed by atoms with E-state index >= 15 is 0 Å². The zero-order valence-electron chi connectivity index (χ0n) is 10.2. The van der Waals surface area contributed by atoms with E-state index < -0.39 is 6.03 Å². The molecule has 5 heteroatoms. The second-order valence-corrected chi connectivity index (χ2v) is 3.86. The van der Waals surface area contributed by atoms with Crippen molar-refractivity contribution in [3.8, 4) is 5.75 Å². The lowest BCUT2D eigenvalue weighted by molar-refractivity contribution is 0.242. The molecule has 2 amide bonds. The molecule has 1 aromatic rings. The average Bonchev–Trinajstić information content (AvgIpc) is 2.26. The van der Waals surface area contributed by atoms with Gasteiger partial charge in [-0.05, 0) is 50.6 Å². The Labute approximate surface area is 101 Å². The second kappa shape index (κ2) is 5.89. The van der Waals surface area contributed by atoms with Gasteiger partial charge in [0.15, 0.2) is 0 Å². The first-order valence-electron chi connectivity index (χ1n) is 5.36. The lowest BCUT2D eigenvalue weighted by atomic mass is 10.1. The zero-order valence-corrected chi connectivity index (χ0v) is 10.2. The first-order valence-corrected chi connectivity index (χ1v) is 5.36. The summed E-state index contributed by atoms with van der Waals surface area (Å²) in [4.78, 5) is 10.5.